The molecule has 3 rings (SSSR count). The van der Waals surface area contributed by atoms with Crippen LogP contribution in [0.15, 0.2) is 24.3 Å². The quantitative estimate of drug-likeness (QED) is 0.809. The van der Waals surface area contributed by atoms with E-state index in [0.717, 1.165) is 23.4 Å². The second-order valence-corrected chi connectivity index (χ2v) is 6.89. The van der Waals surface area contributed by atoms with Crippen LogP contribution in [0.3, 0.4) is 0 Å². The van der Waals surface area contributed by atoms with E-state index in [1.54, 1.807) is 18.2 Å². The summed E-state index contributed by atoms with van der Waals surface area (Å²) in [6, 6.07) is 8.59. The third kappa shape index (κ3) is 4.18. The molecular formula is C18H17F2N3O2S. The van der Waals surface area contributed by atoms with Gasteiger partial charge < -0.3 is 15.4 Å². The number of rotatable bonds is 6. The Labute approximate surface area is 153 Å². The average molecular weight is 377 g/mol. The number of nitriles is 1. The topological polar surface area (TPSA) is 74.2 Å². The summed E-state index contributed by atoms with van der Waals surface area (Å²) in [7, 11) is 0. The standard InChI is InChI=1S/C18H17F2N3O2S/c19-18(20)25-14-4-2-1-3-11(14)5-6-16(24)23-17-13(9-21)12-7-8-22-10-15(12)26-17/h1-4,18,22H,5-8,10H2,(H,23,24). The molecule has 1 aliphatic rings. The van der Waals surface area contributed by atoms with Crippen LogP contribution in [0.5, 0.6) is 5.75 Å². The van der Waals surface area contributed by atoms with Crippen LogP contribution in [0, 0.1) is 11.3 Å². The van der Waals surface area contributed by atoms with Gasteiger partial charge in [0.05, 0.1) is 5.56 Å². The first-order chi connectivity index (χ1) is 12.6. The summed E-state index contributed by atoms with van der Waals surface area (Å²) in [5.41, 5.74) is 2.07. The smallest absolute Gasteiger partial charge is 0.387 e. The van der Waals surface area contributed by atoms with Gasteiger partial charge in [-0.1, -0.05) is 18.2 Å². The Hall–Kier alpha value is -2.50. The minimum Gasteiger partial charge on any atom is -0.435 e. The molecule has 0 atom stereocenters. The number of nitrogens with zero attached hydrogens (tertiary/aromatic N) is 1. The van der Waals surface area contributed by atoms with Crippen molar-refractivity contribution in [1.29, 1.82) is 5.26 Å². The van der Waals surface area contributed by atoms with E-state index in [2.05, 4.69) is 21.4 Å². The molecule has 0 saturated carbocycles. The number of carbonyl (C=O) groups excluding carboxylic acids is 1. The van der Waals surface area contributed by atoms with Crippen LogP contribution in [0.25, 0.3) is 0 Å². The molecule has 2 heterocycles. The summed E-state index contributed by atoms with van der Waals surface area (Å²) in [6.07, 6.45) is 1.14. The van der Waals surface area contributed by atoms with Crippen molar-refractivity contribution in [3.05, 3.63) is 45.8 Å². The van der Waals surface area contributed by atoms with Crippen LogP contribution in [0.1, 0.15) is 28.0 Å². The molecule has 0 aliphatic carbocycles. The maximum atomic E-state index is 12.4. The third-order valence-electron chi connectivity index (χ3n) is 4.10. The number of amides is 1. The maximum absolute atomic E-state index is 12.4. The molecule has 8 heteroatoms. The molecule has 1 aromatic carbocycles. The fraction of sp³-hybridized carbons (Fsp3) is 0.333. The van der Waals surface area contributed by atoms with E-state index in [-0.39, 0.29) is 24.5 Å². The Morgan fingerprint density at radius 2 is 2.23 bits per heavy atom. The minimum absolute atomic E-state index is 0.0747. The average Bonchev–Trinajstić information content (AvgIpc) is 2.97. The number of thiophene rings is 1. The van der Waals surface area contributed by atoms with Crippen molar-refractivity contribution in [3.8, 4) is 11.8 Å². The first-order valence-corrected chi connectivity index (χ1v) is 8.98. The second kappa shape index (κ2) is 8.25. The molecule has 0 spiro atoms. The van der Waals surface area contributed by atoms with Crippen LogP contribution < -0.4 is 15.4 Å². The molecule has 0 radical (unpaired) electrons. The van der Waals surface area contributed by atoms with E-state index in [9.17, 15) is 18.8 Å². The Kier molecular flexibility index (Phi) is 5.81. The summed E-state index contributed by atoms with van der Waals surface area (Å²) < 4.78 is 29.4. The summed E-state index contributed by atoms with van der Waals surface area (Å²) in [6.45, 7) is -1.40. The number of hydrogen-bond donors (Lipinski definition) is 2. The zero-order valence-electron chi connectivity index (χ0n) is 13.9. The number of benzene rings is 1. The third-order valence-corrected chi connectivity index (χ3v) is 5.25. The van der Waals surface area contributed by atoms with Crippen molar-refractivity contribution >= 4 is 22.2 Å². The number of halogens is 2. The normalized spacial score (nSPS) is 13.2. The molecule has 0 bridgehead atoms. The molecule has 2 aromatic rings. The number of ether oxygens (including phenoxy) is 1. The van der Waals surface area contributed by atoms with Crippen molar-refractivity contribution in [1.82, 2.24) is 5.32 Å². The van der Waals surface area contributed by atoms with Gasteiger partial charge in [-0.15, -0.1) is 11.3 Å². The first kappa shape index (κ1) is 18.3. The number of nitrogens with one attached hydrogen (secondary N) is 2. The zero-order chi connectivity index (χ0) is 18.5. The summed E-state index contributed by atoms with van der Waals surface area (Å²) >= 11 is 1.41. The van der Waals surface area contributed by atoms with E-state index in [1.165, 1.54) is 17.4 Å². The molecule has 1 aliphatic heterocycles. The number of para-hydroxylation sites is 1. The molecule has 0 saturated heterocycles. The molecule has 136 valence electrons. The van der Waals surface area contributed by atoms with Crippen LogP contribution >= 0.6 is 11.3 Å². The van der Waals surface area contributed by atoms with Gasteiger partial charge in [-0.05, 0) is 36.6 Å². The highest BCUT2D eigenvalue weighted by atomic mass is 32.1. The van der Waals surface area contributed by atoms with Gasteiger partial charge in [0.2, 0.25) is 5.91 Å². The number of aryl methyl sites for hydroxylation is 1. The molecule has 26 heavy (non-hydrogen) atoms. The predicted molar refractivity (Wildman–Crippen MR) is 94.5 cm³/mol. The van der Waals surface area contributed by atoms with Gasteiger partial charge >= 0.3 is 6.61 Å². The molecule has 0 fully saturated rings. The zero-order valence-corrected chi connectivity index (χ0v) is 14.7. The molecular weight excluding hydrogens is 360 g/mol. The van der Waals surface area contributed by atoms with Crippen molar-refractivity contribution in [2.45, 2.75) is 32.4 Å². The van der Waals surface area contributed by atoms with Gasteiger partial charge in [0.15, 0.2) is 0 Å². The van der Waals surface area contributed by atoms with Gasteiger partial charge in [-0.25, -0.2) is 0 Å². The SMILES string of the molecule is N#Cc1c(NC(=O)CCc2ccccc2OC(F)F)sc2c1CCNC2. The minimum atomic E-state index is -2.91. The van der Waals surface area contributed by atoms with Crippen molar-refractivity contribution in [3.63, 3.8) is 0 Å². The van der Waals surface area contributed by atoms with Crippen LogP contribution in [-0.2, 0) is 24.2 Å². The van der Waals surface area contributed by atoms with Gasteiger partial charge in [-0.2, -0.15) is 14.0 Å². The van der Waals surface area contributed by atoms with E-state index in [1.807, 2.05) is 0 Å². The highest BCUT2D eigenvalue weighted by molar-refractivity contribution is 7.16. The lowest BCUT2D eigenvalue weighted by Gasteiger charge is -2.11. The fourth-order valence-corrected chi connectivity index (χ4v) is 4.08. The lowest BCUT2D eigenvalue weighted by molar-refractivity contribution is -0.116. The maximum Gasteiger partial charge on any atom is 0.387 e. The lowest BCUT2D eigenvalue weighted by atomic mass is 10.0. The van der Waals surface area contributed by atoms with Crippen LogP contribution in [0.2, 0.25) is 0 Å². The molecule has 0 unspecified atom stereocenters. The number of fused-ring (bicyclic) bond motifs is 1. The molecule has 1 aromatic heterocycles. The van der Waals surface area contributed by atoms with Crippen LogP contribution in [-0.4, -0.2) is 19.1 Å². The largest absolute Gasteiger partial charge is 0.435 e. The summed E-state index contributed by atoms with van der Waals surface area (Å²) in [4.78, 5) is 13.4. The summed E-state index contributed by atoms with van der Waals surface area (Å²) in [5.74, 6) is -0.189. The van der Waals surface area contributed by atoms with Gasteiger partial charge in [-0.3, -0.25) is 4.79 Å². The van der Waals surface area contributed by atoms with Gasteiger partial charge in [0.25, 0.3) is 0 Å². The van der Waals surface area contributed by atoms with Crippen molar-refractivity contribution in [2.24, 2.45) is 0 Å². The Bertz CT molecular complexity index is 845. The van der Waals surface area contributed by atoms with Crippen molar-refractivity contribution < 1.29 is 18.3 Å². The van der Waals surface area contributed by atoms with Crippen LogP contribution in [0.4, 0.5) is 13.8 Å². The first-order valence-electron chi connectivity index (χ1n) is 8.16. The Balaban J connectivity index is 1.66. The molecule has 5 nitrogen and oxygen atoms in total. The fourth-order valence-electron chi connectivity index (χ4n) is 2.90. The number of alkyl halides is 2. The lowest BCUT2D eigenvalue weighted by Crippen LogP contribution is -2.22. The molecule has 1 amide bonds. The Morgan fingerprint density at radius 1 is 1.42 bits per heavy atom. The molecule has 2 N–H and O–H groups in total. The number of carbonyl (C=O) groups is 1. The summed E-state index contributed by atoms with van der Waals surface area (Å²) in [5, 5.41) is 16.0. The predicted octanol–water partition coefficient (Wildman–Crippen LogP) is 3.44. The Morgan fingerprint density at radius 3 is 3.00 bits per heavy atom. The number of hydrogen-bond acceptors (Lipinski definition) is 5. The van der Waals surface area contributed by atoms with E-state index >= 15 is 0 Å². The highest BCUT2D eigenvalue weighted by Gasteiger charge is 2.21. The van der Waals surface area contributed by atoms with Crippen molar-refractivity contribution in [2.75, 3.05) is 11.9 Å². The van der Waals surface area contributed by atoms with E-state index < -0.39 is 6.61 Å². The van der Waals surface area contributed by atoms with Gasteiger partial charge in [0, 0.05) is 17.8 Å². The second-order valence-electron chi connectivity index (χ2n) is 5.78. The van der Waals surface area contributed by atoms with Gasteiger partial charge in [0.1, 0.15) is 16.8 Å². The van der Waals surface area contributed by atoms with E-state index in [4.69, 9.17) is 0 Å². The monoisotopic (exact) mass is 377 g/mol. The van der Waals surface area contributed by atoms with E-state index in [0.29, 0.717) is 22.7 Å². The highest BCUT2D eigenvalue weighted by Crippen LogP contribution is 2.35. The number of anilines is 1.